The summed E-state index contributed by atoms with van der Waals surface area (Å²) in [4.78, 5) is 24.4. The smallest absolute Gasteiger partial charge is 0.253 e. The second kappa shape index (κ2) is 7.22. The topological polar surface area (TPSA) is 122 Å². The number of benzene rings is 1. The van der Waals surface area contributed by atoms with Crippen LogP contribution in [0.5, 0.6) is 5.75 Å². The second-order valence-electron chi connectivity index (χ2n) is 7.49. The van der Waals surface area contributed by atoms with Gasteiger partial charge in [0.05, 0.1) is 29.8 Å². The number of aromatic nitrogens is 4. The Balaban J connectivity index is 2.09. The summed E-state index contributed by atoms with van der Waals surface area (Å²) in [5, 5.41) is 14.4. The highest BCUT2D eigenvalue weighted by atomic mass is 16.3. The fourth-order valence-electron chi connectivity index (χ4n) is 3.76. The van der Waals surface area contributed by atoms with Crippen LogP contribution in [-0.4, -0.2) is 30.5 Å². The summed E-state index contributed by atoms with van der Waals surface area (Å²) < 4.78 is 1.88. The Morgan fingerprint density at radius 2 is 2.00 bits per heavy atom. The number of hydrogen-bond donors (Lipinski definition) is 4. The van der Waals surface area contributed by atoms with E-state index in [1.807, 2.05) is 44.4 Å². The first-order valence-corrected chi connectivity index (χ1v) is 9.62. The normalized spacial score (nSPS) is 11.2. The third kappa shape index (κ3) is 3.06. The zero-order valence-corrected chi connectivity index (χ0v) is 17.4. The van der Waals surface area contributed by atoms with Gasteiger partial charge < -0.3 is 21.1 Å². The molecule has 0 aliphatic carbocycles. The summed E-state index contributed by atoms with van der Waals surface area (Å²) in [7, 11) is 0. The molecule has 4 aromatic rings. The number of H-pyrrole nitrogens is 1. The summed E-state index contributed by atoms with van der Waals surface area (Å²) in [5.74, 6) is 0.147. The van der Waals surface area contributed by atoms with Crippen LogP contribution in [0.15, 0.2) is 30.7 Å². The Bertz CT molecular complexity index is 1270. The molecular weight excluding hydrogens is 380 g/mol. The van der Waals surface area contributed by atoms with Gasteiger partial charge >= 0.3 is 0 Å². The van der Waals surface area contributed by atoms with E-state index in [9.17, 15) is 9.90 Å². The molecular formula is C22H24N6O2. The summed E-state index contributed by atoms with van der Waals surface area (Å²) in [5.41, 5.74) is 11.8. The number of nitrogens with zero attached hydrogens (tertiary/aromatic N) is 3. The Hall–Kier alpha value is -3.81. The van der Waals surface area contributed by atoms with Gasteiger partial charge in [-0.25, -0.2) is 9.97 Å². The van der Waals surface area contributed by atoms with Gasteiger partial charge in [-0.2, -0.15) is 0 Å². The number of rotatable bonds is 5. The summed E-state index contributed by atoms with van der Waals surface area (Å²) in [6, 6.07) is 5.44. The lowest BCUT2D eigenvalue weighted by molar-refractivity contribution is 0.100. The molecule has 4 rings (SSSR count). The number of primary amides is 1. The minimum atomic E-state index is -0.550. The number of anilines is 1. The maximum atomic E-state index is 12.5. The minimum Gasteiger partial charge on any atom is -0.508 e. The number of nitrogens with one attached hydrogen (secondary N) is 2. The molecule has 1 amide bonds. The van der Waals surface area contributed by atoms with Crippen LogP contribution in [0, 0.1) is 27.7 Å². The largest absolute Gasteiger partial charge is 0.508 e. The molecule has 0 atom stereocenters. The summed E-state index contributed by atoms with van der Waals surface area (Å²) in [6.07, 6.45) is 3.31. The predicted octanol–water partition coefficient (Wildman–Crippen LogP) is 3.40. The highest BCUT2D eigenvalue weighted by molar-refractivity contribution is 6.11. The third-order valence-corrected chi connectivity index (χ3v) is 5.46. The molecule has 1 aromatic carbocycles. The van der Waals surface area contributed by atoms with E-state index in [1.165, 1.54) is 0 Å². The van der Waals surface area contributed by atoms with E-state index in [2.05, 4.69) is 15.3 Å². The van der Waals surface area contributed by atoms with Crippen molar-refractivity contribution in [3.63, 3.8) is 0 Å². The predicted molar refractivity (Wildman–Crippen MR) is 116 cm³/mol. The van der Waals surface area contributed by atoms with Crippen molar-refractivity contribution in [2.45, 2.75) is 34.2 Å². The first kappa shape index (κ1) is 19.5. The molecule has 8 nitrogen and oxygen atoms in total. The average Bonchev–Trinajstić information content (AvgIpc) is 3.31. The van der Waals surface area contributed by atoms with E-state index in [-0.39, 0.29) is 5.75 Å². The molecule has 0 aliphatic heterocycles. The van der Waals surface area contributed by atoms with Crippen molar-refractivity contribution >= 4 is 22.8 Å². The number of carbonyl (C=O) groups is 1. The summed E-state index contributed by atoms with van der Waals surface area (Å²) >= 11 is 0. The number of aromatic amines is 1. The maximum Gasteiger partial charge on any atom is 0.253 e. The fraction of sp³-hybridized carbons (Fsp3) is 0.227. The third-order valence-electron chi connectivity index (χ3n) is 5.46. The van der Waals surface area contributed by atoms with Gasteiger partial charge in [-0.05, 0) is 51.0 Å². The van der Waals surface area contributed by atoms with Crippen molar-refractivity contribution in [1.82, 2.24) is 19.5 Å². The van der Waals surface area contributed by atoms with Gasteiger partial charge in [-0.15, -0.1) is 0 Å². The number of fused-ring (bicyclic) bond motifs is 1. The van der Waals surface area contributed by atoms with Crippen LogP contribution in [-0.2, 0) is 6.54 Å². The van der Waals surface area contributed by atoms with Crippen LogP contribution in [0.3, 0.4) is 0 Å². The number of aryl methyl sites for hydroxylation is 3. The van der Waals surface area contributed by atoms with E-state index in [1.54, 1.807) is 18.6 Å². The van der Waals surface area contributed by atoms with E-state index in [4.69, 9.17) is 10.7 Å². The van der Waals surface area contributed by atoms with E-state index in [0.717, 1.165) is 28.2 Å². The number of aromatic hydroxyl groups is 1. The number of imidazole rings is 1. The first-order valence-electron chi connectivity index (χ1n) is 9.62. The van der Waals surface area contributed by atoms with Gasteiger partial charge in [-0.3, -0.25) is 9.36 Å². The number of phenolic OH excluding ortho intramolecular Hbond substituents is 1. The van der Waals surface area contributed by atoms with Gasteiger partial charge in [0.1, 0.15) is 17.2 Å². The van der Waals surface area contributed by atoms with Crippen LogP contribution in [0.1, 0.15) is 38.4 Å². The Kier molecular flexibility index (Phi) is 4.69. The Morgan fingerprint density at radius 3 is 2.67 bits per heavy atom. The lowest BCUT2D eigenvalue weighted by Gasteiger charge is -2.18. The number of nitrogens with two attached hydrogens (primary N) is 1. The molecule has 0 saturated carbocycles. The highest BCUT2D eigenvalue weighted by Gasteiger charge is 2.26. The fourth-order valence-corrected chi connectivity index (χ4v) is 3.76. The molecule has 0 unspecified atom stereocenters. The van der Waals surface area contributed by atoms with Gasteiger partial charge in [0.2, 0.25) is 0 Å². The Labute approximate surface area is 173 Å². The quantitative estimate of drug-likeness (QED) is 0.406. The van der Waals surface area contributed by atoms with Crippen LogP contribution in [0.2, 0.25) is 0 Å². The molecule has 5 N–H and O–H groups in total. The van der Waals surface area contributed by atoms with E-state index >= 15 is 0 Å². The number of amides is 1. The standard InChI is InChI=1S/C22H24N6O2/c1-11-5-6-17(29)13(3)19(11)28-21-16(7-12(2)14(4)27-21)18(20(23)30)22(28)25-9-15-8-24-10-26-15/h5-8,10,25,29H,9H2,1-4H3,(H2,23,30)(H,24,26). The van der Waals surface area contributed by atoms with Gasteiger partial charge in [0, 0.05) is 22.8 Å². The summed E-state index contributed by atoms with van der Waals surface area (Å²) in [6.45, 7) is 8.08. The molecule has 30 heavy (non-hydrogen) atoms. The molecule has 0 fully saturated rings. The molecule has 0 spiro atoms. The van der Waals surface area contributed by atoms with Gasteiger partial charge in [0.15, 0.2) is 0 Å². The van der Waals surface area contributed by atoms with Crippen LogP contribution in [0.4, 0.5) is 5.82 Å². The molecule has 0 bridgehead atoms. The first-order chi connectivity index (χ1) is 14.3. The number of carbonyl (C=O) groups excluding carboxylic acids is 1. The maximum absolute atomic E-state index is 12.5. The molecule has 8 heteroatoms. The molecule has 0 aliphatic rings. The highest BCUT2D eigenvalue weighted by Crippen LogP contribution is 2.37. The van der Waals surface area contributed by atoms with Crippen molar-refractivity contribution < 1.29 is 9.90 Å². The van der Waals surface area contributed by atoms with Crippen molar-refractivity contribution in [3.05, 3.63) is 64.4 Å². The van der Waals surface area contributed by atoms with Crippen LogP contribution in [0.25, 0.3) is 16.7 Å². The SMILES string of the molecule is Cc1cc2c(C(N)=O)c(NCc3cnc[nH]3)n(-c3c(C)ccc(O)c3C)c2nc1C. The van der Waals surface area contributed by atoms with Crippen molar-refractivity contribution in [3.8, 4) is 11.4 Å². The minimum absolute atomic E-state index is 0.168. The molecule has 0 saturated heterocycles. The zero-order valence-electron chi connectivity index (χ0n) is 17.4. The monoisotopic (exact) mass is 404 g/mol. The lowest BCUT2D eigenvalue weighted by atomic mass is 10.1. The molecule has 0 radical (unpaired) electrons. The van der Waals surface area contributed by atoms with E-state index in [0.29, 0.717) is 34.5 Å². The molecule has 3 heterocycles. The lowest BCUT2D eigenvalue weighted by Crippen LogP contribution is -2.16. The average molecular weight is 404 g/mol. The van der Waals surface area contributed by atoms with Crippen molar-refractivity contribution in [1.29, 1.82) is 0 Å². The number of phenols is 1. The molecule has 154 valence electrons. The van der Waals surface area contributed by atoms with Gasteiger partial charge in [-0.1, -0.05) is 6.07 Å². The second-order valence-corrected chi connectivity index (χ2v) is 7.49. The molecule has 3 aromatic heterocycles. The van der Waals surface area contributed by atoms with Crippen molar-refractivity contribution in [2.24, 2.45) is 5.73 Å². The number of hydrogen-bond acceptors (Lipinski definition) is 5. The van der Waals surface area contributed by atoms with E-state index < -0.39 is 5.91 Å². The van der Waals surface area contributed by atoms with Crippen LogP contribution >= 0.6 is 0 Å². The Morgan fingerprint density at radius 1 is 1.23 bits per heavy atom. The zero-order chi connectivity index (χ0) is 21.6. The van der Waals surface area contributed by atoms with Crippen molar-refractivity contribution in [2.75, 3.05) is 5.32 Å². The van der Waals surface area contributed by atoms with Gasteiger partial charge in [0.25, 0.3) is 5.91 Å². The number of pyridine rings is 1. The van der Waals surface area contributed by atoms with Crippen LogP contribution < -0.4 is 11.1 Å².